The maximum atomic E-state index is 12.3. The molecule has 0 radical (unpaired) electrons. The number of pyridine rings is 1. The largest absolute Gasteiger partial charge is 0.307 e. The Hall–Kier alpha value is -2.23. The number of rotatable bonds is 2. The quantitative estimate of drug-likeness (QED) is 0.341. The molecule has 1 aromatic carbocycles. The van der Waals surface area contributed by atoms with Gasteiger partial charge in [0, 0.05) is 16.2 Å². The predicted octanol–water partition coefficient (Wildman–Crippen LogP) is 3.96. The predicted molar refractivity (Wildman–Crippen MR) is 119 cm³/mol. The van der Waals surface area contributed by atoms with Gasteiger partial charge >= 0.3 is 0 Å². The van der Waals surface area contributed by atoms with Crippen molar-refractivity contribution in [2.24, 2.45) is 0 Å². The van der Waals surface area contributed by atoms with E-state index in [1.807, 2.05) is 42.2 Å². The zero-order chi connectivity index (χ0) is 19.4. The van der Waals surface area contributed by atoms with Crippen LogP contribution in [0.1, 0.15) is 17.2 Å². The van der Waals surface area contributed by atoms with Gasteiger partial charge in [-0.15, -0.1) is 12.4 Å². The van der Waals surface area contributed by atoms with E-state index in [1.54, 1.807) is 16.8 Å². The first-order valence-corrected chi connectivity index (χ1v) is 10.2. The monoisotopic (exact) mass is 536 g/mol. The van der Waals surface area contributed by atoms with Crippen LogP contribution in [0.5, 0.6) is 0 Å². The average molecular weight is 539 g/mol. The van der Waals surface area contributed by atoms with Crippen molar-refractivity contribution in [3.05, 3.63) is 79.4 Å². The van der Waals surface area contributed by atoms with Gasteiger partial charge in [-0.05, 0) is 53.2 Å². The van der Waals surface area contributed by atoms with Crippen LogP contribution in [0.25, 0.3) is 17.1 Å². The molecule has 0 saturated heterocycles. The molecule has 5 rings (SSSR count). The van der Waals surface area contributed by atoms with Crippen LogP contribution in [-0.4, -0.2) is 28.9 Å². The number of aryl methyl sites for hydroxylation is 1. The fraction of sp³-hybridized carbons (Fsp3) is 0.158. The number of hydrogen-bond donors (Lipinski definition) is 0. The number of nitrogens with zero attached hydrogens (tertiary/aromatic N) is 6. The van der Waals surface area contributed by atoms with Crippen molar-refractivity contribution >= 4 is 44.3 Å². The van der Waals surface area contributed by atoms with Gasteiger partial charge in [0.25, 0.3) is 5.56 Å². The first-order chi connectivity index (χ1) is 13.5. The second-order valence-electron chi connectivity index (χ2n) is 6.61. The van der Waals surface area contributed by atoms with Crippen molar-refractivity contribution in [2.45, 2.75) is 20.0 Å². The zero-order valence-electron chi connectivity index (χ0n) is 15.2. The summed E-state index contributed by atoms with van der Waals surface area (Å²) < 4.78 is 7.05. The van der Waals surface area contributed by atoms with E-state index in [0.717, 1.165) is 32.9 Å². The highest BCUT2D eigenvalue weighted by molar-refractivity contribution is 9.10. The summed E-state index contributed by atoms with van der Waals surface area (Å²) in [6.07, 6.45) is 3.58. The van der Waals surface area contributed by atoms with E-state index < -0.39 is 0 Å². The first kappa shape index (κ1) is 20.1. The fourth-order valence-corrected chi connectivity index (χ4v) is 4.19. The SMILES string of the molecule is Cc1ncn2c1Cn1nc(Cn3cccc(Br)c3=O)nc1-c1cc(Br)ccc1-2.Cl. The van der Waals surface area contributed by atoms with E-state index in [-0.39, 0.29) is 18.0 Å². The van der Waals surface area contributed by atoms with Crippen LogP contribution in [-0.2, 0) is 13.1 Å². The molecular formula is C19H15Br2ClN6O. The summed E-state index contributed by atoms with van der Waals surface area (Å²) in [6.45, 7) is 2.86. The lowest BCUT2D eigenvalue weighted by Gasteiger charge is -2.09. The Bertz CT molecular complexity index is 1290. The lowest BCUT2D eigenvalue weighted by Crippen LogP contribution is -2.21. The second-order valence-corrected chi connectivity index (χ2v) is 8.38. The van der Waals surface area contributed by atoms with Crippen LogP contribution >= 0.6 is 44.3 Å². The molecule has 1 aliphatic heterocycles. The summed E-state index contributed by atoms with van der Waals surface area (Å²) in [5.74, 6) is 1.36. The number of halogens is 3. The summed E-state index contributed by atoms with van der Waals surface area (Å²) in [5, 5.41) is 4.70. The summed E-state index contributed by atoms with van der Waals surface area (Å²) in [5.41, 5.74) is 3.90. The normalized spacial score (nSPS) is 11.8. The highest BCUT2D eigenvalue weighted by atomic mass is 79.9. The average Bonchev–Trinajstić information content (AvgIpc) is 3.20. The second kappa shape index (κ2) is 7.55. The van der Waals surface area contributed by atoms with Crippen LogP contribution in [0.3, 0.4) is 0 Å². The number of aromatic nitrogens is 6. The van der Waals surface area contributed by atoms with Crippen molar-refractivity contribution in [1.82, 2.24) is 28.9 Å². The van der Waals surface area contributed by atoms with Crippen LogP contribution in [0.4, 0.5) is 0 Å². The van der Waals surface area contributed by atoms with Gasteiger partial charge in [0.2, 0.25) is 0 Å². The molecule has 0 aliphatic carbocycles. The van der Waals surface area contributed by atoms with Gasteiger partial charge < -0.3 is 9.13 Å². The molecule has 10 heteroatoms. The highest BCUT2D eigenvalue weighted by Gasteiger charge is 2.24. The van der Waals surface area contributed by atoms with E-state index in [4.69, 9.17) is 10.1 Å². The molecule has 0 unspecified atom stereocenters. The molecule has 0 spiro atoms. The van der Waals surface area contributed by atoms with Gasteiger partial charge in [0.05, 0.1) is 41.0 Å². The third-order valence-electron chi connectivity index (χ3n) is 4.83. The molecule has 0 saturated carbocycles. The van der Waals surface area contributed by atoms with E-state index in [1.165, 1.54) is 0 Å². The Balaban J connectivity index is 0.00000205. The lowest BCUT2D eigenvalue weighted by molar-refractivity contribution is 0.641. The van der Waals surface area contributed by atoms with Crippen LogP contribution in [0.15, 0.2) is 56.6 Å². The zero-order valence-corrected chi connectivity index (χ0v) is 19.2. The van der Waals surface area contributed by atoms with E-state index in [2.05, 4.69) is 41.4 Å². The molecule has 0 bridgehead atoms. The third-order valence-corrected chi connectivity index (χ3v) is 5.93. The summed E-state index contributed by atoms with van der Waals surface area (Å²) >= 11 is 6.84. The van der Waals surface area contributed by atoms with Gasteiger partial charge in [-0.25, -0.2) is 14.6 Å². The molecule has 148 valence electrons. The maximum Gasteiger partial charge on any atom is 0.265 e. The minimum absolute atomic E-state index is 0. The minimum Gasteiger partial charge on any atom is -0.307 e. The van der Waals surface area contributed by atoms with Crippen LogP contribution in [0, 0.1) is 6.92 Å². The standard InChI is InChI=1S/C19H14Br2N6O.ClH/c1-11-16-8-27-18(13-7-12(20)4-5-15(13)26(16)10-22-11)23-17(24-27)9-25-6-2-3-14(21)19(25)28;/h2-7,10H,8-9H2,1H3;1H. The smallest absolute Gasteiger partial charge is 0.265 e. The molecule has 4 heterocycles. The summed E-state index contributed by atoms with van der Waals surface area (Å²) in [4.78, 5) is 21.6. The molecule has 1 aliphatic rings. The van der Waals surface area contributed by atoms with E-state index >= 15 is 0 Å². The third kappa shape index (κ3) is 3.37. The van der Waals surface area contributed by atoms with Crippen molar-refractivity contribution in [1.29, 1.82) is 0 Å². The molecule has 4 aromatic rings. The summed E-state index contributed by atoms with van der Waals surface area (Å²) in [7, 11) is 0. The Morgan fingerprint density at radius 2 is 2.03 bits per heavy atom. The van der Waals surface area contributed by atoms with Crippen molar-refractivity contribution in [2.75, 3.05) is 0 Å². The number of hydrogen-bond acceptors (Lipinski definition) is 4. The topological polar surface area (TPSA) is 70.5 Å². The van der Waals surface area contributed by atoms with Gasteiger partial charge in [-0.2, -0.15) is 5.10 Å². The van der Waals surface area contributed by atoms with Crippen molar-refractivity contribution in [3.63, 3.8) is 0 Å². The summed E-state index contributed by atoms with van der Waals surface area (Å²) in [6, 6.07) is 9.64. The van der Waals surface area contributed by atoms with Crippen LogP contribution in [0.2, 0.25) is 0 Å². The Kier molecular flexibility index (Phi) is 5.22. The maximum absolute atomic E-state index is 12.3. The lowest BCUT2D eigenvalue weighted by atomic mass is 10.1. The van der Waals surface area contributed by atoms with Gasteiger partial charge in [-0.1, -0.05) is 15.9 Å². The minimum atomic E-state index is -0.107. The van der Waals surface area contributed by atoms with Crippen molar-refractivity contribution in [3.8, 4) is 17.1 Å². The Morgan fingerprint density at radius 3 is 2.86 bits per heavy atom. The van der Waals surface area contributed by atoms with Crippen LogP contribution < -0.4 is 5.56 Å². The molecule has 7 nitrogen and oxygen atoms in total. The van der Waals surface area contributed by atoms with Gasteiger partial charge in [0.15, 0.2) is 11.6 Å². The molecule has 29 heavy (non-hydrogen) atoms. The molecule has 0 fully saturated rings. The molecule has 0 atom stereocenters. The molecule has 0 amide bonds. The molecular weight excluding hydrogens is 524 g/mol. The Labute approximate surface area is 189 Å². The van der Waals surface area contributed by atoms with Crippen molar-refractivity contribution < 1.29 is 0 Å². The van der Waals surface area contributed by atoms with E-state index in [0.29, 0.717) is 23.4 Å². The number of imidazole rings is 1. The number of fused-ring (bicyclic) bond motifs is 5. The Morgan fingerprint density at radius 1 is 1.21 bits per heavy atom. The van der Waals surface area contributed by atoms with Gasteiger partial charge in [-0.3, -0.25) is 4.79 Å². The fourth-order valence-electron chi connectivity index (χ4n) is 3.45. The molecule has 0 N–H and O–H groups in total. The molecule has 3 aromatic heterocycles. The van der Waals surface area contributed by atoms with E-state index in [9.17, 15) is 4.79 Å². The van der Waals surface area contributed by atoms with Gasteiger partial charge in [0.1, 0.15) is 0 Å². The first-order valence-electron chi connectivity index (χ1n) is 8.63. The number of benzene rings is 1. The highest BCUT2D eigenvalue weighted by Crippen LogP contribution is 2.33.